The molecular formula is C15H15BrFNO. The SMILES string of the molecule is Cc1cc(C(O)Cc2cccc(F)c2Br)cc(C)n1. The Morgan fingerprint density at radius 2 is 1.89 bits per heavy atom. The predicted molar refractivity (Wildman–Crippen MR) is 76.5 cm³/mol. The Bertz CT molecular complexity index is 580. The molecule has 19 heavy (non-hydrogen) atoms. The Balaban J connectivity index is 2.25. The molecule has 0 bridgehead atoms. The fourth-order valence-electron chi connectivity index (χ4n) is 2.09. The van der Waals surface area contributed by atoms with E-state index in [0.29, 0.717) is 10.9 Å². The van der Waals surface area contributed by atoms with Gasteiger partial charge in [0.1, 0.15) is 5.82 Å². The van der Waals surface area contributed by atoms with Crippen molar-refractivity contribution in [3.63, 3.8) is 0 Å². The van der Waals surface area contributed by atoms with Crippen LogP contribution in [0.2, 0.25) is 0 Å². The van der Waals surface area contributed by atoms with Gasteiger partial charge in [-0.05, 0) is 59.1 Å². The highest BCUT2D eigenvalue weighted by atomic mass is 79.9. The van der Waals surface area contributed by atoms with Crippen molar-refractivity contribution in [1.29, 1.82) is 0 Å². The van der Waals surface area contributed by atoms with Gasteiger partial charge in [0.2, 0.25) is 0 Å². The van der Waals surface area contributed by atoms with Gasteiger partial charge in [0.15, 0.2) is 0 Å². The number of aromatic nitrogens is 1. The molecule has 1 atom stereocenters. The summed E-state index contributed by atoms with van der Waals surface area (Å²) in [7, 11) is 0. The molecule has 1 heterocycles. The molecule has 4 heteroatoms. The van der Waals surface area contributed by atoms with E-state index >= 15 is 0 Å². The molecule has 0 saturated carbocycles. The smallest absolute Gasteiger partial charge is 0.137 e. The first-order valence-corrected chi connectivity index (χ1v) is 6.83. The molecule has 0 saturated heterocycles. The molecule has 1 aromatic carbocycles. The van der Waals surface area contributed by atoms with Crippen LogP contribution < -0.4 is 0 Å². The van der Waals surface area contributed by atoms with E-state index in [1.54, 1.807) is 12.1 Å². The molecule has 100 valence electrons. The molecule has 0 spiro atoms. The Morgan fingerprint density at radius 3 is 2.53 bits per heavy atom. The van der Waals surface area contributed by atoms with Crippen LogP contribution in [-0.2, 0) is 6.42 Å². The van der Waals surface area contributed by atoms with E-state index in [4.69, 9.17) is 0 Å². The van der Waals surface area contributed by atoms with Crippen LogP contribution in [-0.4, -0.2) is 10.1 Å². The minimum absolute atomic E-state index is 0.313. The van der Waals surface area contributed by atoms with Gasteiger partial charge in [-0.25, -0.2) is 4.39 Å². The minimum Gasteiger partial charge on any atom is -0.388 e. The second kappa shape index (κ2) is 5.80. The number of pyridine rings is 1. The number of aryl methyl sites for hydroxylation is 2. The van der Waals surface area contributed by atoms with Crippen molar-refractivity contribution in [1.82, 2.24) is 4.98 Å². The molecule has 1 unspecified atom stereocenters. The number of hydrogen-bond donors (Lipinski definition) is 1. The molecular weight excluding hydrogens is 309 g/mol. The molecule has 2 nitrogen and oxygen atoms in total. The van der Waals surface area contributed by atoms with Crippen molar-refractivity contribution in [3.8, 4) is 0 Å². The summed E-state index contributed by atoms with van der Waals surface area (Å²) < 4.78 is 13.8. The number of aliphatic hydroxyl groups excluding tert-OH is 1. The van der Waals surface area contributed by atoms with Crippen molar-refractivity contribution in [2.45, 2.75) is 26.4 Å². The molecule has 2 aromatic rings. The fraction of sp³-hybridized carbons (Fsp3) is 0.267. The summed E-state index contributed by atoms with van der Waals surface area (Å²) in [6.45, 7) is 3.78. The van der Waals surface area contributed by atoms with Crippen LogP contribution in [0.5, 0.6) is 0 Å². The lowest BCUT2D eigenvalue weighted by atomic mass is 10.0. The molecule has 0 aliphatic heterocycles. The van der Waals surface area contributed by atoms with E-state index in [9.17, 15) is 9.50 Å². The normalized spacial score (nSPS) is 12.5. The monoisotopic (exact) mass is 323 g/mol. The zero-order valence-corrected chi connectivity index (χ0v) is 12.4. The van der Waals surface area contributed by atoms with Crippen LogP contribution in [0.4, 0.5) is 4.39 Å². The van der Waals surface area contributed by atoms with Crippen LogP contribution in [0.3, 0.4) is 0 Å². The van der Waals surface area contributed by atoms with Crippen LogP contribution in [0.25, 0.3) is 0 Å². The maximum atomic E-state index is 13.4. The lowest BCUT2D eigenvalue weighted by Gasteiger charge is -2.14. The van der Waals surface area contributed by atoms with Gasteiger partial charge in [-0.1, -0.05) is 12.1 Å². The van der Waals surface area contributed by atoms with Crippen molar-refractivity contribution in [3.05, 3.63) is 63.1 Å². The number of benzene rings is 1. The first-order chi connectivity index (χ1) is 8.97. The quantitative estimate of drug-likeness (QED) is 0.929. The Kier molecular flexibility index (Phi) is 4.32. The van der Waals surface area contributed by atoms with Gasteiger partial charge in [-0.15, -0.1) is 0 Å². The third kappa shape index (κ3) is 3.39. The molecule has 1 N–H and O–H groups in total. The first kappa shape index (κ1) is 14.2. The Morgan fingerprint density at radius 1 is 1.26 bits per heavy atom. The Hall–Kier alpha value is -1.26. The second-order valence-corrected chi connectivity index (χ2v) is 5.41. The summed E-state index contributed by atoms with van der Waals surface area (Å²) in [5, 5.41) is 10.3. The van der Waals surface area contributed by atoms with E-state index in [-0.39, 0.29) is 5.82 Å². The first-order valence-electron chi connectivity index (χ1n) is 6.03. The highest BCUT2D eigenvalue weighted by Crippen LogP contribution is 2.26. The van der Waals surface area contributed by atoms with Crippen LogP contribution in [0.15, 0.2) is 34.8 Å². The number of aliphatic hydroxyl groups is 1. The van der Waals surface area contributed by atoms with Gasteiger partial charge in [0, 0.05) is 17.8 Å². The molecule has 0 fully saturated rings. The third-order valence-corrected chi connectivity index (χ3v) is 3.82. The standard InChI is InChI=1S/C15H15BrFNO/c1-9-6-12(7-10(2)18-9)14(19)8-11-4-3-5-13(17)15(11)16/h3-7,14,19H,8H2,1-2H3. The van der Waals surface area contributed by atoms with Gasteiger partial charge in [0.25, 0.3) is 0 Å². The van der Waals surface area contributed by atoms with Gasteiger partial charge in [-0.2, -0.15) is 0 Å². The number of nitrogens with zero attached hydrogens (tertiary/aromatic N) is 1. The van der Waals surface area contributed by atoms with E-state index in [2.05, 4.69) is 20.9 Å². The highest BCUT2D eigenvalue weighted by molar-refractivity contribution is 9.10. The van der Waals surface area contributed by atoms with E-state index in [1.165, 1.54) is 6.07 Å². The van der Waals surface area contributed by atoms with Crippen molar-refractivity contribution in [2.24, 2.45) is 0 Å². The van der Waals surface area contributed by atoms with E-state index in [0.717, 1.165) is 22.5 Å². The average Bonchev–Trinajstić information content (AvgIpc) is 2.33. The van der Waals surface area contributed by atoms with Crippen molar-refractivity contribution >= 4 is 15.9 Å². The zero-order valence-electron chi connectivity index (χ0n) is 10.8. The molecule has 2 rings (SSSR count). The molecule has 0 radical (unpaired) electrons. The summed E-state index contributed by atoms with van der Waals surface area (Å²) in [5.41, 5.74) is 3.29. The highest BCUT2D eigenvalue weighted by Gasteiger charge is 2.13. The maximum Gasteiger partial charge on any atom is 0.137 e. The topological polar surface area (TPSA) is 33.1 Å². The third-order valence-electron chi connectivity index (χ3n) is 2.93. The van der Waals surface area contributed by atoms with Gasteiger partial charge < -0.3 is 5.11 Å². The largest absolute Gasteiger partial charge is 0.388 e. The van der Waals surface area contributed by atoms with E-state index in [1.807, 2.05) is 26.0 Å². The minimum atomic E-state index is -0.668. The number of rotatable bonds is 3. The van der Waals surface area contributed by atoms with Crippen molar-refractivity contribution < 1.29 is 9.50 Å². The average molecular weight is 324 g/mol. The summed E-state index contributed by atoms with van der Waals surface area (Å²) >= 11 is 3.21. The van der Waals surface area contributed by atoms with Crippen molar-refractivity contribution in [2.75, 3.05) is 0 Å². The molecule has 1 aromatic heterocycles. The zero-order chi connectivity index (χ0) is 14.0. The number of halogens is 2. The van der Waals surface area contributed by atoms with Gasteiger partial charge in [0.05, 0.1) is 10.6 Å². The van der Waals surface area contributed by atoms with Crippen LogP contribution >= 0.6 is 15.9 Å². The maximum absolute atomic E-state index is 13.4. The second-order valence-electron chi connectivity index (χ2n) is 4.62. The molecule has 0 aliphatic rings. The fourth-order valence-corrected chi connectivity index (χ4v) is 2.52. The summed E-state index contributed by atoms with van der Waals surface area (Å²) in [5.74, 6) is -0.313. The van der Waals surface area contributed by atoms with Crippen LogP contribution in [0.1, 0.15) is 28.6 Å². The Labute approximate surface area is 120 Å². The number of hydrogen-bond acceptors (Lipinski definition) is 2. The van der Waals surface area contributed by atoms with E-state index < -0.39 is 6.10 Å². The predicted octanol–water partition coefficient (Wildman–Crippen LogP) is 3.88. The summed E-state index contributed by atoms with van der Waals surface area (Å²) in [6, 6.07) is 8.54. The molecule has 0 aliphatic carbocycles. The van der Waals surface area contributed by atoms with Gasteiger partial charge in [-0.3, -0.25) is 4.98 Å². The lowest BCUT2D eigenvalue weighted by molar-refractivity contribution is 0.178. The van der Waals surface area contributed by atoms with Crippen LogP contribution in [0, 0.1) is 19.7 Å². The lowest BCUT2D eigenvalue weighted by Crippen LogP contribution is -2.04. The van der Waals surface area contributed by atoms with Gasteiger partial charge >= 0.3 is 0 Å². The summed E-state index contributed by atoms with van der Waals surface area (Å²) in [4.78, 5) is 4.28. The summed E-state index contributed by atoms with van der Waals surface area (Å²) in [6.07, 6.45) is -0.306. The molecule has 0 amide bonds.